The number of nitrogens with one attached hydrogen (secondary N) is 3. The molecule has 0 saturated heterocycles. The molecule has 3 aromatic rings. The van der Waals surface area contributed by atoms with E-state index in [1.807, 2.05) is 18.2 Å². The number of hydrogen-bond acceptors (Lipinski definition) is 5. The van der Waals surface area contributed by atoms with Crippen LogP contribution in [-0.2, 0) is 4.79 Å². The van der Waals surface area contributed by atoms with Gasteiger partial charge in [0.1, 0.15) is 12.3 Å². The van der Waals surface area contributed by atoms with Crippen molar-refractivity contribution < 1.29 is 22.7 Å². The fourth-order valence-corrected chi connectivity index (χ4v) is 2.76. The lowest BCUT2D eigenvalue weighted by Crippen LogP contribution is -2.27. The Morgan fingerprint density at radius 2 is 2.03 bits per heavy atom. The molecular weight excluding hydrogens is 387 g/mol. The molecule has 3 N–H and O–H groups in total. The average molecular weight is 403 g/mol. The number of aromatic amines is 1. The van der Waals surface area contributed by atoms with Crippen LogP contribution in [0.4, 0.5) is 19.1 Å². The van der Waals surface area contributed by atoms with Crippen molar-refractivity contribution >= 4 is 22.9 Å². The van der Waals surface area contributed by atoms with Crippen molar-refractivity contribution in [1.82, 2.24) is 15.3 Å². The summed E-state index contributed by atoms with van der Waals surface area (Å²) >= 11 is 0. The SMILES string of the molecule is N#CCNC(=O)CC(Nc1nc2ccccc2[nH]1)c1cccc(OC(F)(F)F)c1. The third-order valence-corrected chi connectivity index (χ3v) is 3.95. The Labute approximate surface area is 163 Å². The Morgan fingerprint density at radius 3 is 2.76 bits per heavy atom. The van der Waals surface area contributed by atoms with E-state index >= 15 is 0 Å². The van der Waals surface area contributed by atoms with E-state index in [9.17, 15) is 18.0 Å². The Hall–Kier alpha value is -3.74. The summed E-state index contributed by atoms with van der Waals surface area (Å²) in [6, 6.07) is 13.7. The fourth-order valence-electron chi connectivity index (χ4n) is 2.76. The molecule has 0 aliphatic carbocycles. The summed E-state index contributed by atoms with van der Waals surface area (Å²) in [4.78, 5) is 19.5. The number of hydrogen-bond donors (Lipinski definition) is 3. The lowest BCUT2D eigenvalue weighted by molar-refractivity contribution is -0.274. The second-order valence-corrected chi connectivity index (χ2v) is 6.06. The van der Waals surface area contributed by atoms with E-state index in [1.54, 1.807) is 18.2 Å². The summed E-state index contributed by atoms with van der Waals surface area (Å²) in [6.45, 7) is -0.173. The van der Waals surface area contributed by atoms with Gasteiger partial charge in [-0.25, -0.2) is 4.98 Å². The zero-order valence-electron chi connectivity index (χ0n) is 15.0. The van der Waals surface area contributed by atoms with Crippen molar-refractivity contribution in [3.8, 4) is 11.8 Å². The number of carbonyl (C=O) groups excluding carboxylic acids is 1. The maximum Gasteiger partial charge on any atom is 0.573 e. The number of imidazole rings is 1. The predicted octanol–water partition coefficient (Wildman–Crippen LogP) is 3.64. The highest BCUT2D eigenvalue weighted by molar-refractivity contribution is 5.79. The van der Waals surface area contributed by atoms with E-state index < -0.39 is 24.1 Å². The van der Waals surface area contributed by atoms with Crippen LogP contribution < -0.4 is 15.4 Å². The minimum Gasteiger partial charge on any atom is -0.406 e. The Bertz CT molecular complexity index is 1010. The van der Waals surface area contributed by atoms with Gasteiger partial charge in [0.2, 0.25) is 11.9 Å². The van der Waals surface area contributed by atoms with E-state index in [2.05, 4.69) is 25.3 Å². The molecule has 2 aromatic carbocycles. The first-order chi connectivity index (χ1) is 13.8. The molecule has 7 nitrogen and oxygen atoms in total. The number of amides is 1. The Kier molecular flexibility index (Phi) is 5.87. The minimum absolute atomic E-state index is 0.131. The average Bonchev–Trinajstić information content (AvgIpc) is 3.07. The number of carbonyl (C=O) groups is 1. The Balaban J connectivity index is 1.87. The van der Waals surface area contributed by atoms with Crippen molar-refractivity contribution in [3.63, 3.8) is 0 Å². The lowest BCUT2D eigenvalue weighted by atomic mass is 10.0. The van der Waals surface area contributed by atoms with E-state index in [0.29, 0.717) is 17.0 Å². The van der Waals surface area contributed by atoms with Crippen LogP contribution in [0.3, 0.4) is 0 Å². The van der Waals surface area contributed by atoms with E-state index in [1.165, 1.54) is 18.2 Å². The Morgan fingerprint density at radius 1 is 1.24 bits per heavy atom. The number of fused-ring (bicyclic) bond motifs is 1. The van der Waals surface area contributed by atoms with Gasteiger partial charge in [0.05, 0.1) is 29.6 Å². The standard InChI is InChI=1S/C19H16F3N5O2/c20-19(21,22)29-13-5-3-4-12(10-13)16(11-17(28)24-9-8-23)27-18-25-14-6-1-2-7-15(14)26-18/h1-7,10,16H,9,11H2,(H,24,28)(H2,25,26,27). The molecular formula is C19H16F3N5O2. The number of alkyl halides is 3. The third kappa shape index (κ3) is 5.62. The van der Waals surface area contributed by atoms with Gasteiger partial charge >= 0.3 is 6.36 Å². The first-order valence-electron chi connectivity index (χ1n) is 8.55. The molecule has 1 amide bonds. The fraction of sp³-hybridized carbons (Fsp3) is 0.211. The topological polar surface area (TPSA) is 103 Å². The molecule has 1 aromatic heterocycles. The number of halogens is 3. The van der Waals surface area contributed by atoms with Gasteiger partial charge in [-0.1, -0.05) is 24.3 Å². The molecule has 29 heavy (non-hydrogen) atoms. The van der Waals surface area contributed by atoms with Gasteiger partial charge in [-0.15, -0.1) is 13.2 Å². The van der Waals surface area contributed by atoms with Gasteiger partial charge in [-0.3, -0.25) is 4.79 Å². The van der Waals surface area contributed by atoms with Crippen LogP contribution >= 0.6 is 0 Å². The lowest BCUT2D eigenvalue weighted by Gasteiger charge is -2.19. The monoisotopic (exact) mass is 403 g/mol. The first-order valence-corrected chi connectivity index (χ1v) is 8.55. The van der Waals surface area contributed by atoms with Crippen LogP contribution in [0.15, 0.2) is 48.5 Å². The summed E-state index contributed by atoms with van der Waals surface area (Å²) in [5.41, 5.74) is 1.84. The molecule has 0 fully saturated rings. The molecule has 0 saturated carbocycles. The second-order valence-electron chi connectivity index (χ2n) is 6.06. The van der Waals surface area contributed by atoms with E-state index in [0.717, 1.165) is 5.52 Å². The van der Waals surface area contributed by atoms with Crippen LogP contribution in [0.5, 0.6) is 5.75 Å². The summed E-state index contributed by atoms with van der Waals surface area (Å²) < 4.78 is 41.6. The quantitative estimate of drug-likeness (QED) is 0.523. The number of rotatable bonds is 7. The zero-order chi connectivity index (χ0) is 20.9. The van der Waals surface area contributed by atoms with Crippen molar-refractivity contribution in [1.29, 1.82) is 5.26 Å². The molecule has 150 valence electrons. The van der Waals surface area contributed by atoms with E-state index in [4.69, 9.17) is 5.26 Å². The maximum atomic E-state index is 12.5. The van der Waals surface area contributed by atoms with Crippen LogP contribution in [0, 0.1) is 11.3 Å². The molecule has 1 heterocycles. The van der Waals surface area contributed by atoms with Gasteiger partial charge in [-0.2, -0.15) is 5.26 Å². The maximum absolute atomic E-state index is 12.5. The number of anilines is 1. The first kappa shape index (κ1) is 20.0. The number of nitriles is 1. The largest absolute Gasteiger partial charge is 0.573 e. The minimum atomic E-state index is -4.83. The smallest absolute Gasteiger partial charge is 0.406 e. The zero-order valence-corrected chi connectivity index (χ0v) is 15.0. The summed E-state index contributed by atoms with van der Waals surface area (Å²) in [5, 5.41) is 14.1. The summed E-state index contributed by atoms with van der Waals surface area (Å²) in [7, 11) is 0. The number of aromatic nitrogens is 2. The summed E-state index contributed by atoms with van der Waals surface area (Å²) in [6.07, 6.45) is -4.96. The third-order valence-electron chi connectivity index (χ3n) is 3.95. The molecule has 0 radical (unpaired) electrons. The van der Waals surface area contributed by atoms with Gasteiger partial charge < -0.3 is 20.4 Å². The number of benzene rings is 2. The van der Waals surface area contributed by atoms with Crippen molar-refractivity contribution in [2.75, 3.05) is 11.9 Å². The van der Waals surface area contributed by atoms with Crippen LogP contribution in [0.25, 0.3) is 11.0 Å². The van der Waals surface area contributed by atoms with Crippen LogP contribution in [0.2, 0.25) is 0 Å². The van der Waals surface area contributed by atoms with Crippen LogP contribution in [0.1, 0.15) is 18.0 Å². The highest BCUT2D eigenvalue weighted by atomic mass is 19.4. The molecule has 3 rings (SSSR count). The molecule has 1 atom stereocenters. The van der Waals surface area contributed by atoms with Gasteiger partial charge in [-0.05, 0) is 29.8 Å². The van der Waals surface area contributed by atoms with Crippen LogP contribution in [-0.4, -0.2) is 28.8 Å². The van der Waals surface area contributed by atoms with E-state index in [-0.39, 0.29) is 13.0 Å². The highest BCUT2D eigenvalue weighted by Crippen LogP contribution is 2.28. The normalized spacial score (nSPS) is 12.2. The molecule has 0 bridgehead atoms. The predicted molar refractivity (Wildman–Crippen MR) is 98.8 cm³/mol. The molecule has 0 spiro atoms. The van der Waals surface area contributed by atoms with Crippen molar-refractivity contribution in [2.45, 2.75) is 18.8 Å². The molecule has 0 aliphatic rings. The highest BCUT2D eigenvalue weighted by Gasteiger charge is 2.31. The molecule has 0 aliphatic heterocycles. The van der Waals surface area contributed by atoms with Gasteiger partial charge in [0, 0.05) is 0 Å². The number of H-pyrrole nitrogens is 1. The number of nitrogens with zero attached hydrogens (tertiary/aromatic N) is 2. The molecule has 10 heteroatoms. The number of para-hydroxylation sites is 2. The number of ether oxygens (including phenoxy) is 1. The van der Waals surface area contributed by atoms with Gasteiger partial charge in [0.25, 0.3) is 0 Å². The van der Waals surface area contributed by atoms with Gasteiger partial charge in [0.15, 0.2) is 0 Å². The van der Waals surface area contributed by atoms with Crippen molar-refractivity contribution in [3.05, 3.63) is 54.1 Å². The molecule has 1 unspecified atom stereocenters. The summed E-state index contributed by atoms with van der Waals surface area (Å²) in [5.74, 6) is -0.488. The second kappa shape index (κ2) is 8.52. The van der Waals surface area contributed by atoms with Crippen molar-refractivity contribution in [2.24, 2.45) is 0 Å².